The number of carbonyl (C=O) groups excluding carboxylic acids is 2. The summed E-state index contributed by atoms with van der Waals surface area (Å²) < 4.78 is 3.09. The number of anilines is 1. The number of fused-ring (bicyclic) bond motifs is 1. The second-order valence-corrected chi connectivity index (χ2v) is 11.6. The van der Waals surface area contributed by atoms with Gasteiger partial charge in [0, 0.05) is 35.6 Å². The fraction of sp³-hybridized carbons (Fsp3) is 0.375. The summed E-state index contributed by atoms with van der Waals surface area (Å²) in [6, 6.07) is 17.7. The van der Waals surface area contributed by atoms with E-state index >= 15 is 0 Å². The van der Waals surface area contributed by atoms with Gasteiger partial charge in [0.15, 0.2) is 0 Å². The molecule has 2 aromatic heterocycles. The van der Waals surface area contributed by atoms with Crippen LogP contribution in [0, 0.1) is 17.2 Å². The molecule has 2 amide bonds. The second-order valence-electron chi connectivity index (χ2n) is 10.5. The van der Waals surface area contributed by atoms with E-state index in [1.807, 2.05) is 59.6 Å². The van der Waals surface area contributed by atoms with Crippen molar-refractivity contribution < 1.29 is 9.59 Å². The van der Waals surface area contributed by atoms with E-state index < -0.39 is 0 Å². The van der Waals surface area contributed by atoms with Crippen LogP contribution in [-0.2, 0) is 17.9 Å². The number of nitrogens with zero attached hydrogens (tertiary/aromatic N) is 4. The lowest BCUT2D eigenvalue weighted by Crippen LogP contribution is -2.37. The summed E-state index contributed by atoms with van der Waals surface area (Å²) in [5.41, 5.74) is 3.47. The van der Waals surface area contributed by atoms with E-state index in [2.05, 4.69) is 27.9 Å². The molecule has 0 atom stereocenters. The Morgan fingerprint density at radius 3 is 2.67 bits per heavy atom. The van der Waals surface area contributed by atoms with Gasteiger partial charge in [-0.15, -0.1) is 11.3 Å². The normalized spacial score (nSPS) is 13.7. The maximum absolute atomic E-state index is 14.0. The van der Waals surface area contributed by atoms with Crippen LogP contribution in [0.4, 0.5) is 5.69 Å². The molecule has 0 aliphatic heterocycles. The van der Waals surface area contributed by atoms with E-state index in [1.54, 1.807) is 6.33 Å². The Morgan fingerprint density at radius 1 is 1.12 bits per heavy atom. The van der Waals surface area contributed by atoms with Crippen molar-refractivity contribution in [1.29, 1.82) is 5.26 Å². The van der Waals surface area contributed by atoms with Crippen molar-refractivity contribution in [3.8, 4) is 6.07 Å². The molecule has 0 saturated heterocycles. The number of imidazole rings is 1. The second kappa shape index (κ2) is 12.9. The lowest BCUT2D eigenvalue weighted by Gasteiger charge is -2.30. The number of rotatable bonds is 10. The predicted octanol–water partition coefficient (Wildman–Crippen LogP) is 6.66. The smallest absolute Gasteiger partial charge is 0.261 e. The SMILES string of the molecule is CCCCNC(=O)c1cc2cc(N(Cc3cncn3Cc3ccc(C#N)cc3)C(=O)C3CCCCC3)ccc2s1. The topological polar surface area (TPSA) is 91.0 Å². The van der Waals surface area contributed by atoms with Crippen LogP contribution in [0.25, 0.3) is 10.1 Å². The van der Waals surface area contributed by atoms with Crippen LogP contribution in [0.2, 0.25) is 0 Å². The van der Waals surface area contributed by atoms with Gasteiger partial charge in [-0.05, 0) is 66.6 Å². The minimum Gasteiger partial charge on any atom is -0.351 e. The summed E-state index contributed by atoms with van der Waals surface area (Å²) in [7, 11) is 0. The molecule has 206 valence electrons. The number of nitrogens with one attached hydrogen (secondary N) is 1. The van der Waals surface area contributed by atoms with Gasteiger partial charge in [0.25, 0.3) is 5.91 Å². The number of nitriles is 1. The monoisotopic (exact) mass is 553 g/mol. The molecule has 1 N–H and O–H groups in total. The minimum absolute atomic E-state index is 0.0155. The van der Waals surface area contributed by atoms with E-state index in [1.165, 1.54) is 17.8 Å². The fourth-order valence-corrected chi connectivity index (χ4v) is 6.27. The Kier molecular flexibility index (Phi) is 8.92. The number of hydrogen-bond acceptors (Lipinski definition) is 5. The van der Waals surface area contributed by atoms with Crippen molar-refractivity contribution in [2.75, 3.05) is 11.4 Å². The Bertz CT molecular complexity index is 1510. The third-order valence-corrected chi connectivity index (χ3v) is 8.74. The molecule has 4 aromatic rings. The standard InChI is InChI=1S/C32H35N5O2S/c1-2-3-15-35-31(38)30-17-26-16-27(13-14-29(26)40-30)37(32(39)25-7-5-4-6-8-25)21-28-19-34-22-36(28)20-24-11-9-23(18-33)10-12-24/h9-14,16-17,19,22,25H,2-8,15,20-21H2,1H3,(H,35,38). The molecule has 8 heteroatoms. The van der Waals surface area contributed by atoms with Crippen molar-refractivity contribution >= 4 is 38.9 Å². The summed E-state index contributed by atoms with van der Waals surface area (Å²) in [6.45, 7) is 3.79. The Morgan fingerprint density at radius 2 is 1.93 bits per heavy atom. The number of amides is 2. The molecular formula is C32H35N5O2S. The molecule has 0 radical (unpaired) electrons. The van der Waals surface area contributed by atoms with E-state index in [9.17, 15) is 9.59 Å². The molecule has 40 heavy (non-hydrogen) atoms. The van der Waals surface area contributed by atoms with Gasteiger partial charge < -0.3 is 14.8 Å². The first-order valence-electron chi connectivity index (χ1n) is 14.2. The molecule has 0 spiro atoms. The maximum atomic E-state index is 14.0. The fourth-order valence-electron chi connectivity index (χ4n) is 5.31. The first-order valence-corrected chi connectivity index (χ1v) is 15.0. The first-order chi connectivity index (χ1) is 19.6. The van der Waals surface area contributed by atoms with Crippen LogP contribution in [0.5, 0.6) is 0 Å². The number of thiophene rings is 1. The minimum atomic E-state index is -0.0435. The summed E-state index contributed by atoms with van der Waals surface area (Å²) in [5.74, 6) is 0.123. The van der Waals surface area contributed by atoms with Crippen LogP contribution in [0.3, 0.4) is 0 Å². The average Bonchev–Trinajstić information content (AvgIpc) is 3.62. The molecule has 2 heterocycles. The number of carbonyl (C=O) groups is 2. The van der Waals surface area contributed by atoms with Crippen molar-refractivity contribution in [3.05, 3.63) is 82.8 Å². The molecule has 1 fully saturated rings. The Hall–Kier alpha value is -3.96. The molecule has 1 aliphatic rings. The quantitative estimate of drug-likeness (QED) is 0.222. The van der Waals surface area contributed by atoms with Gasteiger partial charge in [-0.3, -0.25) is 9.59 Å². The number of benzene rings is 2. The largest absolute Gasteiger partial charge is 0.351 e. The van der Waals surface area contributed by atoms with Crippen LogP contribution in [0.15, 0.2) is 61.1 Å². The van der Waals surface area contributed by atoms with E-state index in [-0.39, 0.29) is 17.7 Å². The molecule has 7 nitrogen and oxygen atoms in total. The van der Waals surface area contributed by atoms with Crippen LogP contribution < -0.4 is 10.2 Å². The van der Waals surface area contributed by atoms with Crippen molar-refractivity contribution in [2.24, 2.45) is 5.92 Å². The van der Waals surface area contributed by atoms with Crippen LogP contribution in [-0.4, -0.2) is 27.9 Å². The van der Waals surface area contributed by atoms with Crippen molar-refractivity contribution in [2.45, 2.75) is 65.0 Å². The summed E-state index contributed by atoms with van der Waals surface area (Å²) >= 11 is 1.48. The van der Waals surface area contributed by atoms with Crippen molar-refractivity contribution in [1.82, 2.24) is 14.9 Å². The van der Waals surface area contributed by atoms with Crippen LogP contribution in [0.1, 0.15) is 78.4 Å². The van der Waals surface area contributed by atoms with Gasteiger partial charge in [0.1, 0.15) is 0 Å². The Balaban J connectivity index is 1.42. The lowest BCUT2D eigenvalue weighted by molar-refractivity contribution is -0.123. The number of hydrogen-bond donors (Lipinski definition) is 1. The first kappa shape index (κ1) is 27.6. The van der Waals surface area contributed by atoms with E-state index in [4.69, 9.17) is 5.26 Å². The molecule has 0 bridgehead atoms. The predicted molar refractivity (Wildman–Crippen MR) is 159 cm³/mol. The average molecular weight is 554 g/mol. The van der Waals surface area contributed by atoms with E-state index in [0.29, 0.717) is 30.1 Å². The zero-order valence-corrected chi connectivity index (χ0v) is 23.8. The molecule has 1 aliphatic carbocycles. The molecular weight excluding hydrogens is 518 g/mol. The summed E-state index contributed by atoms with van der Waals surface area (Å²) in [6.07, 6.45) is 10.8. The highest BCUT2D eigenvalue weighted by Crippen LogP contribution is 2.33. The molecule has 0 unspecified atom stereocenters. The summed E-state index contributed by atoms with van der Waals surface area (Å²) in [5, 5.41) is 13.1. The highest BCUT2D eigenvalue weighted by Gasteiger charge is 2.28. The summed E-state index contributed by atoms with van der Waals surface area (Å²) in [4.78, 5) is 33.6. The van der Waals surface area contributed by atoms with Gasteiger partial charge in [0.2, 0.25) is 5.91 Å². The van der Waals surface area contributed by atoms with Gasteiger partial charge in [-0.1, -0.05) is 44.7 Å². The zero-order chi connectivity index (χ0) is 27.9. The highest BCUT2D eigenvalue weighted by molar-refractivity contribution is 7.20. The maximum Gasteiger partial charge on any atom is 0.261 e. The van der Waals surface area contributed by atoms with Gasteiger partial charge in [0.05, 0.1) is 35.1 Å². The molecule has 5 rings (SSSR count). The van der Waals surface area contributed by atoms with Crippen LogP contribution >= 0.6 is 11.3 Å². The van der Waals surface area contributed by atoms with Gasteiger partial charge in [-0.2, -0.15) is 5.26 Å². The van der Waals surface area contributed by atoms with Gasteiger partial charge >= 0.3 is 0 Å². The van der Waals surface area contributed by atoms with E-state index in [0.717, 1.165) is 65.6 Å². The lowest BCUT2D eigenvalue weighted by atomic mass is 9.88. The highest BCUT2D eigenvalue weighted by atomic mass is 32.1. The number of aromatic nitrogens is 2. The van der Waals surface area contributed by atoms with Crippen molar-refractivity contribution in [3.63, 3.8) is 0 Å². The third kappa shape index (κ3) is 6.43. The molecule has 2 aromatic carbocycles. The Labute approximate surface area is 239 Å². The van der Waals surface area contributed by atoms with Gasteiger partial charge in [-0.25, -0.2) is 4.98 Å². The zero-order valence-electron chi connectivity index (χ0n) is 22.9. The molecule has 1 saturated carbocycles. The third-order valence-electron chi connectivity index (χ3n) is 7.63. The number of unbranched alkanes of at least 4 members (excludes halogenated alkanes) is 1.